The van der Waals surface area contributed by atoms with Gasteiger partial charge in [0.15, 0.2) is 11.0 Å². The molecule has 0 radical (unpaired) electrons. The molecule has 0 saturated heterocycles. The third kappa shape index (κ3) is 6.07. The molecule has 9 heteroatoms. The number of aromatic nitrogens is 3. The fraction of sp³-hybridized carbons (Fsp3) is 0.154. The van der Waals surface area contributed by atoms with Crippen molar-refractivity contribution in [2.75, 3.05) is 20.0 Å². The number of carbonyl (C=O) groups is 1. The molecule has 0 unspecified atom stereocenters. The number of nitrogens with zero attached hydrogens (tertiary/aromatic N) is 4. The predicted octanol–water partition coefficient (Wildman–Crippen LogP) is 4.50. The Hall–Kier alpha value is -4.11. The lowest BCUT2D eigenvalue weighted by Gasteiger charge is -2.11. The van der Waals surface area contributed by atoms with Crippen LogP contribution in [0.15, 0.2) is 83.1 Å². The highest BCUT2D eigenvalue weighted by atomic mass is 32.2. The summed E-state index contributed by atoms with van der Waals surface area (Å²) in [5, 5.41) is 13.4. The second-order valence-electron chi connectivity index (χ2n) is 7.56. The molecule has 178 valence electrons. The second kappa shape index (κ2) is 11.3. The first-order chi connectivity index (χ1) is 17.1. The molecule has 4 rings (SSSR count). The van der Waals surface area contributed by atoms with Crippen LogP contribution < -0.4 is 14.9 Å². The Morgan fingerprint density at radius 1 is 1.00 bits per heavy atom. The number of nitrogens with one attached hydrogen (secondary N) is 1. The van der Waals surface area contributed by atoms with Gasteiger partial charge in [-0.2, -0.15) is 5.10 Å². The average molecular weight is 488 g/mol. The van der Waals surface area contributed by atoms with Crippen molar-refractivity contribution in [2.24, 2.45) is 5.10 Å². The number of ether oxygens (including phenoxy) is 2. The molecule has 0 spiro atoms. The summed E-state index contributed by atoms with van der Waals surface area (Å²) in [4.78, 5) is 12.4. The van der Waals surface area contributed by atoms with Crippen LogP contribution in [-0.2, 0) is 4.79 Å². The van der Waals surface area contributed by atoms with E-state index >= 15 is 0 Å². The minimum absolute atomic E-state index is 0.123. The molecule has 0 atom stereocenters. The summed E-state index contributed by atoms with van der Waals surface area (Å²) in [5.74, 6) is 2.03. The number of amides is 1. The zero-order valence-corrected chi connectivity index (χ0v) is 20.5. The number of hydrazone groups is 1. The highest BCUT2D eigenvalue weighted by Gasteiger charge is 2.17. The van der Waals surface area contributed by atoms with Gasteiger partial charge in [-0.05, 0) is 48.9 Å². The predicted molar refractivity (Wildman–Crippen MR) is 138 cm³/mol. The summed E-state index contributed by atoms with van der Waals surface area (Å²) in [6.45, 7) is 2.04. The van der Waals surface area contributed by atoms with Crippen molar-refractivity contribution in [3.63, 3.8) is 0 Å². The van der Waals surface area contributed by atoms with Crippen molar-refractivity contribution < 1.29 is 14.3 Å². The number of carbonyl (C=O) groups excluding carboxylic acids is 1. The second-order valence-corrected chi connectivity index (χ2v) is 8.51. The van der Waals surface area contributed by atoms with E-state index in [2.05, 4.69) is 20.7 Å². The number of rotatable bonds is 9. The van der Waals surface area contributed by atoms with E-state index in [0.29, 0.717) is 11.0 Å². The summed E-state index contributed by atoms with van der Waals surface area (Å²) in [7, 11) is 3.23. The lowest BCUT2D eigenvalue weighted by Crippen LogP contribution is -2.20. The topological polar surface area (TPSA) is 90.6 Å². The van der Waals surface area contributed by atoms with Crippen LogP contribution in [0.4, 0.5) is 0 Å². The Kier molecular flexibility index (Phi) is 7.79. The Balaban J connectivity index is 1.51. The first-order valence-electron chi connectivity index (χ1n) is 10.8. The molecule has 0 aliphatic carbocycles. The van der Waals surface area contributed by atoms with Gasteiger partial charge in [-0.3, -0.25) is 9.36 Å². The van der Waals surface area contributed by atoms with Gasteiger partial charge in [-0.1, -0.05) is 53.7 Å². The molecular weight excluding hydrogens is 462 g/mol. The normalized spacial score (nSPS) is 10.9. The maximum atomic E-state index is 12.4. The molecule has 1 amide bonds. The molecule has 8 nitrogen and oxygen atoms in total. The van der Waals surface area contributed by atoms with E-state index in [1.807, 2.05) is 84.3 Å². The quantitative estimate of drug-likeness (QED) is 0.212. The van der Waals surface area contributed by atoms with Crippen molar-refractivity contribution in [3.05, 3.63) is 83.9 Å². The molecule has 3 aromatic carbocycles. The third-order valence-electron chi connectivity index (χ3n) is 5.10. The van der Waals surface area contributed by atoms with Crippen LogP contribution in [0.1, 0.15) is 11.1 Å². The maximum Gasteiger partial charge on any atom is 0.250 e. The number of benzene rings is 3. The minimum Gasteiger partial charge on any atom is -0.497 e. The average Bonchev–Trinajstić information content (AvgIpc) is 3.32. The summed E-state index contributed by atoms with van der Waals surface area (Å²) < 4.78 is 12.4. The molecule has 4 aromatic rings. The van der Waals surface area contributed by atoms with Crippen LogP contribution in [0, 0.1) is 6.92 Å². The van der Waals surface area contributed by atoms with E-state index in [9.17, 15) is 4.79 Å². The number of hydrogen-bond acceptors (Lipinski definition) is 7. The van der Waals surface area contributed by atoms with Gasteiger partial charge < -0.3 is 9.47 Å². The molecule has 0 saturated carbocycles. The minimum atomic E-state index is -0.254. The van der Waals surface area contributed by atoms with E-state index in [0.717, 1.165) is 33.9 Å². The lowest BCUT2D eigenvalue weighted by molar-refractivity contribution is -0.118. The van der Waals surface area contributed by atoms with Gasteiger partial charge in [0.05, 0.1) is 26.2 Å². The Morgan fingerprint density at radius 2 is 1.74 bits per heavy atom. The van der Waals surface area contributed by atoms with Gasteiger partial charge in [0.25, 0.3) is 5.91 Å². The van der Waals surface area contributed by atoms with E-state index in [1.165, 1.54) is 11.8 Å². The number of hydrogen-bond donors (Lipinski definition) is 1. The van der Waals surface area contributed by atoms with Crippen molar-refractivity contribution in [2.45, 2.75) is 12.1 Å². The fourth-order valence-corrected chi connectivity index (χ4v) is 4.02. The van der Waals surface area contributed by atoms with E-state index in [4.69, 9.17) is 9.47 Å². The highest BCUT2D eigenvalue weighted by molar-refractivity contribution is 7.99. The SMILES string of the molecule is COc1ccc(-n2c(SCC(=O)NN=Cc3cccc(OC)c3)nnc2-c2ccc(C)cc2)cc1. The van der Waals surface area contributed by atoms with E-state index in [1.54, 1.807) is 20.4 Å². The van der Waals surface area contributed by atoms with Crippen LogP contribution in [0.5, 0.6) is 11.5 Å². The molecule has 1 heterocycles. The molecule has 35 heavy (non-hydrogen) atoms. The van der Waals surface area contributed by atoms with Crippen LogP contribution in [0.2, 0.25) is 0 Å². The third-order valence-corrected chi connectivity index (χ3v) is 6.03. The standard InChI is InChI=1S/C26H25N5O3S/c1-18-7-9-20(10-8-18)25-29-30-26(31(25)21-11-13-22(33-2)14-12-21)35-17-24(32)28-27-16-19-5-4-6-23(15-19)34-3/h4-16H,17H2,1-3H3,(H,28,32). The summed E-state index contributed by atoms with van der Waals surface area (Å²) in [6, 6.07) is 23.1. The number of aryl methyl sites for hydroxylation is 1. The van der Waals surface area contributed by atoms with Gasteiger partial charge in [0.1, 0.15) is 11.5 Å². The molecular formula is C26H25N5O3S. The van der Waals surface area contributed by atoms with Crippen molar-refractivity contribution >= 4 is 23.9 Å². The van der Waals surface area contributed by atoms with Crippen molar-refractivity contribution in [1.82, 2.24) is 20.2 Å². The fourth-order valence-electron chi connectivity index (χ4n) is 3.28. The number of thioether (sulfide) groups is 1. The molecule has 0 fully saturated rings. The first-order valence-corrected chi connectivity index (χ1v) is 11.8. The van der Waals surface area contributed by atoms with E-state index < -0.39 is 0 Å². The molecule has 1 N–H and O–H groups in total. The van der Waals surface area contributed by atoms with Crippen molar-refractivity contribution in [3.8, 4) is 28.6 Å². The smallest absolute Gasteiger partial charge is 0.250 e. The Bertz CT molecular complexity index is 1320. The Labute approximate surface area is 208 Å². The van der Waals surface area contributed by atoms with Gasteiger partial charge >= 0.3 is 0 Å². The largest absolute Gasteiger partial charge is 0.497 e. The van der Waals surface area contributed by atoms with Gasteiger partial charge in [0.2, 0.25) is 0 Å². The molecule has 0 aliphatic rings. The van der Waals surface area contributed by atoms with Gasteiger partial charge in [0, 0.05) is 11.3 Å². The van der Waals surface area contributed by atoms with E-state index in [-0.39, 0.29) is 11.7 Å². The van der Waals surface area contributed by atoms with Gasteiger partial charge in [-0.15, -0.1) is 10.2 Å². The van der Waals surface area contributed by atoms with Crippen LogP contribution in [-0.4, -0.2) is 46.9 Å². The molecule has 0 aliphatic heterocycles. The maximum absolute atomic E-state index is 12.4. The summed E-state index contributed by atoms with van der Waals surface area (Å²) in [5.41, 5.74) is 6.32. The Morgan fingerprint density at radius 3 is 2.46 bits per heavy atom. The zero-order chi connectivity index (χ0) is 24.6. The molecule has 0 bridgehead atoms. The summed E-state index contributed by atoms with van der Waals surface area (Å²) in [6.07, 6.45) is 1.57. The van der Waals surface area contributed by atoms with Crippen LogP contribution in [0.25, 0.3) is 17.1 Å². The first kappa shape index (κ1) is 24.0. The summed E-state index contributed by atoms with van der Waals surface area (Å²) >= 11 is 1.28. The highest BCUT2D eigenvalue weighted by Crippen LogP contribution is 2.29. The lowest BCUT2D eigenvalue weighted by atomic mass is 10.1. The molecule has 1 aromatic heterocycles. The van der Waals surface area contributed by atoms with Crippen molar-refractivity contribution in [1.29, 1.82) is 0 Å². The van der Waals surface area contributed by atoms with Gasteiger partial charge in [-0.25, -0.2) is 5.43 Å². The van der Waals surface area contributed by atoms with Crippen LogP contribution >= 0.6 is 11.8 Å². The number of methoxy groups -OCH3 is 2. The zero-order valence-electron chi connectivity index (χ0n) is 19.6. The monoisotopic (exact) mass is 487 g/mol. The van der Waals surface area contributed by atoms with Crippen LogP contribution in [0.3, 0.4) is 0 Å².